The molecule has 5 nitrogen and oxygen atoms in total. The molecule has 0 spiro atoms. The Morgan fingerprint density at radius 2 is 1.70 bits per heavy atom. The molecular weight excluding hydrogens is 379 g/mol. The zero-order chi connectivity index (χ0) is 20.7. The minimum absolute atomic E-state index is 0.00545. The number of hydrogen-bond acceptors (Lipinski definition) is 5. The van der Waals surface area contributed by atoms with Crippen LogP contribution in [0.5, 0.6) is 5.75 Å². The zero-order valence-corrected chi connectivity index (χ0v) is 17.9. The molecule has 0 heterocycles. The Labute approximate surface area is 178 Å². The van der Waals surface area contributed by atoms with Gasteiger partial charge in [0.1, 0.15) is 5.75 Å². The molecule has 4 bridgehead atoms. The van der Waals surface area contributed by atoms with Gasteiger partial charge in [-0.2, -0.15) is 0 Å². The number of benzene rings is 2. The van der Waals surface area contributed by atoms with Crippen LogP contribution in [-0.4, -0.2) is 32.7 Å². The van der Waals surface area contributed by atoms with E-state index < -0.39 is 7.12 Å². The summed E-state index contributed by atoms with van der Waals surface area (Å²) in [4.78, 5) is 10.00. The summed E-state index contributed by atoms with van der Waals surface area (Å²) in [6.07, 6.45) is 8.13. The summed E-state index contributed by atoms with van der Waals surface area (Å²) in [5.41, 5.74) is 2.28. The van der Waals surface area contributed by atoms with Crippen molar-refractivity contribution in [3.8, 4) is 5.75 Å². The molecule has 1 N–H and O–H groups in total. The molecule has 6 heteroatoms. The molecule has 0 radical (unpaired) electrons. The third-order valence-electron chi connectivity index (χ3n) is 7.57. The molecule has 0 amide bonds. The third-order valence-corrected chi connectivity index (χ3v) is 7.57. The smallest absolute Gasteiger partial charge is 0.496 e. The van der Waals surface area contributed by atoms with Gasteiger partial charge in [0.05, 0.1) is 7.11 Å². The maximum atomic E-state index is 10.4. The highest BCUT2D eigenvalue weighted by atomic mass is 17.2. The fourth-order valence-electron chi connectivity index (χ4n) is 6.74. The lowest BCUT2D eigenvalue weighted by Crippen LogP contribution is -2.48. The summed E-state index contributed by atoms with van der Waals surface area (Å²) in [6, 6.07) is 10.3. The summed E-state index contributed by atoms with van der Waals surface area (Å²) in [6.45, 7) is 2.40. The molecule has 0 aromatic heterocycles. The molecule has 0 aliphatic heterocycles. The molecule has 0 unspecified atom stereocenters. The van der Waals surface area contributed by atoms with Crippen molar-refractivity contribution in [2.24, 2.45) is 17.8 Å². The van der Waals surface area contributed by atoms with Crippen LogP contribution in [0, 0.1) is 17.8 Å². The molecule has 2 aromatic rings. The topological polar surface area (TPSA) is 57.2 Å². The van der Waals surface area contributed by atoms with Gasteiger partial charge in [0.15, 0.2) is 6.79 Å². The van der Waals surface area contributed by atoms with Crippen LogP contribution < -0.4 is 10.2 Å². The van der Waals surface area contributed by atoms with Gasteiger partial charge in [-0.15, -0.1) is 0 Å². The van der Waals surface area contributed by atoms with Gasteiger partial charge < -0.3 is 14.5 Å². The largest absolute Gasteiger partial charge is 0.523 e. The van der Waals surface area contributed by atoms with E-state index in [0.29, 0.717) is 12.1 Å². The quantitative estimate of drug-likeness (QED) is 0.235. The van der Waals surface area contributed by atoms with E-state index in [4.69, 9.17) is 19.2 Å². The monoisotopic (exact) mass is 410 g/mol. The van der Waals surface area contributed by atoms with Crippen molar-refractivity contribution in [3.63, 3.8) is 0 Å². The highest BCUT2D eigenvalue weighted by Gasteiger charge is 2.52. The number of fused-ring (bicyclic) bond motifs is 1. The third kappa shape index (κ3) is 3.64. The average molecular weight is 410 g/mol. The maximum Gasteiger partial charge on any atom is 0.523 e. The Balaban J connectivity index is 1.46. The van der Waals surface area contributed by atoms with Gasteiger partial charge in [-0.25, -0.2) is 4.89 Å². The first kappa shape index (κ1) is 20.3. The van der Waals surface area contributed by atoms with Crippen LogP contribution in [0.1, 0.15) is 51.0 Å². The van der Waals surface area contributed by atoms with Crippen molar-refractivity contribution in [1.29, 1.82) is 0 Å². The molecule has 30 heavy (non-hydrogen) atoms. The first-order valence-corrected chi connectivity index (χ1v) is 11.3. The van der Waals surface area contributed by atoms with Crippen molar-refractivity contribution in [1.82, 2.24) is 0 Å². The van der Waals surface area contributed by atoms with E-state index in [1.807, 2.05) is 25.1 Å². The van der Waals surface area contributed by atoms with E-state index >= 15 is 0 Å². The molecule has 0 atom stereocenters. The summed E-state index contributed by atoms with van der Waals surface area (Å²) in [5, 5.41) is 12.6. The second kappa shape index (κ2) is 8.15. The Hall–Kier alpha value is -1.60. The van der Waals surface area contributed by atoms with Gasteiger partial charge >= 0.3 is 7.12 Å². The van der Waals surface area contributed by atoms with Crippen LogP contribution in [0.3, 0.4) is 0 Å². The van der Waals surface area contributed by atoms with Crippen LogP contribution in [-0.2, 0) is 19.8 Å². The predicted molar refractivity (Wildman–Crippen MR) is 117 cm³/mol. The highest BCUT2D eigenvalue weighted by Crippen LogP contribution is 2.62. The fraction of sp³-hybridized carbons (Fsp3) is 0.583. The zero-order valence-electron chi connectivity index (χ0n) is 17.9. The lowest BCUT2D eigenvalue weighted by Gasteiger charge is -2.57. The molecule has 4 aliphatic carbocycles. The average Bonchev–Trinajstić information content (AvgIpc) is 2.74. The normalized spacial score (nSPS) is 29.5. The number of methoxy groups -OCH3 is 1. The SMILES string of the molecule is CCOCOOB(O)c1ccc2cc(OC)c(C34CC5CC(CC(C5)C3)C4)cc2c1. The van der Waals surface area contributed by atoms with E-state index in [9.17, 15) is 5.02 Å². The van der Waals surface area contributed by atoms with Gasteiger partial charge in [0.2, 0.25) is 0 Å². The van der Waals surface area contributed by atoms with Gasteiger partial charge in [-0.1, -0.05) is 18.2 Å². The van der Waals surface area contributed by atoms with Gasteiger partial charge in [0.25, 0.3) is 0 Å². The van der Waals surface area contributed by atoms with Crippen LogP contribution in [0.25, 0.3) is 10.8 Å². The van der Waals surface area contributed by atoms with Crippen LogP contribution in [0.4, 0.5) is 0 Å². The van der Waals surface area contributed by atoms with Crippen molar-refractivity contribution >= 4 is 23.4 Å². The maximum absolute atomic E-state index is 10.4. The summed E-state index contributed by atoms with van der Waals surface area (Å²) in [7, 11) is 0.632. The molecular formula is C24H31BO5. The van der Waals surface area contributed by atoms with Gasteiger partial charge in [-0.3, -0.25) is 4.81 Å². The Bertz CT molecular complexity index is 879. The van der Waals surface area contributed by atoms with Crippen molar-refractivity contribution < 1.29 is 24.2 Å². The second-order valence-corrected chi connectivity index (χ2v) is 9.53. The minimum Gasteiger partial charge on any atom is -0.496 e. The molecule has 160 valence electrons. The predicted octanol–water partition coefficient (Wildman–Crippen LogP) is 3.95. The van der Waals surface area contributed by atoms with Crippen molar-refractivity contribution in [3.05, 3.63) is 35.9 Å². The lowest BCUT2D eigenvalue weighted by atomic mass is 9.48. The van der Waals surface area contributed by atoms with E-state index in [1.165, 1.54) is 44.1 Å². The molecule has 4 aliphatic rings. The molecule has 6 rings (SSSR count). The first-order chi connectivity index (χ1) is 14.6. The molecule has 4 fully saturated rings. The Kier molecular flexibility index (Phi) is 5.52. The molecule has 0 saturated heterocycles. The van der Waals surface area contributed by atoms with Crippen molar-refractivity contribution in [2.75, 3.05) is 20.5 Å². The van der Waals surface area contributed by atoms with E-state index in [1.54, 1.807) is 7.11 Å². The summed E-state index contributed by atoms with van der Waals surface area (Å²) >= 11 is 0. The van der Waals surface area contributed by atoms with Crippen molar-refractivity contribution in [2.45, 2.75) is 50.9 Å². The first-order valence-electron chi connectivity index (χ1n) is 11.3. The van der Waals surface area contributed by atoms with Crippen LogP contribution in [0.2, 0.25) is 0 Å². The summed E-state index contributed by atoms with van der Waals surface area (Å²) < 4.78 is 11.0. The number of ether oxygens (including phenoxy) is 2. The van der Waals surface area contributed by atoms with Crippen LogP contribution in [0.15, 0.2) is 30.3 Å². The second-order valence-electron chi connectivity index (χ2n) is 9.53. The fourth-order valence-corrected chi connectivity index (χ4v) is 6.74. The number of rotatable bonds is 8. The standard InChI is InChI=1S/C24H31BO5/c1-3-28-15-29-30-25(26)21-5-4-19-11-23(27-2)22(10-20(19)9-21)24-12-16-6-17(13-24)8-18(7-16)14-24/h4-5,9-11,16-18,26H,3,6-8,12-15H2,1-2H3. The van der Waals surface area contributed by atoms with Gasteiger partial charge in [-0.05, 0) is 97.0 Å². The minimum atomic E-state index is -1.15. The molecule has 2 aromatic carbocycles. The molecule has 4 saturated carbocycles. The summed E-state index contributed by atoms with van der Waals surface area (Å²) in [5.74, 6) is 3.64. The van der Waals surface area contributed by atoms with E-state index in [0.717, 1.165) is 34.3 Å². The van der Waals surface area contributed by atoms with Crippen LogP contribution >= 0.6 is 0 Å². The number of hydrogen-bond donors (Lipinski definition) is 1. The Morgan fingerprint density at radius 1 is 1.00 bits per heavy atom. The van der Waals surface area contributed by atoms with E-state index in [2.05, 4.69) is 12.1 Å². The lowest BCUT2D eigenvalue weighted by molar-refractivity contribution is -0.276. The highest BCUT2D eigenvalue weighted by molar-refractivity contribution is 6.60. The Morgan fingerprint density at radius 3 is 2.33 bits per heavy atom. The van der Waals surface area contributed by atoms with Gasteiger partial charge in [0, 0.05) is 12.2 Å². The van der Waals surface area contributed by atoms with E-state index in [-0.39, 0.29) is 12.2 Å².